The molecule has 36 heavy (non-hydrogen) atoms. The monoisotopic (exact) mass is 491 g/mol. The van der Waals surface area contributed by atoms with Crippen molar-refractivity contribution in [1.82, 2.24) is 15.2 Å². The van der Waals surface area contributed by atoms with Crippen molar-refractivity contribution in [2.24, 2.45) is 10.9 Å². The molecular weight excluding hydrogens is 454 g/mol. The van der Waals surface area contributed by atoms with Crippen LogP contribution in [0.4, 0.5) is 5.69 Å². The first kappa shape index (κ1) is 25.7. The molecule has 0 aliphatic carbocycles. The van der Waals surface area contributed by atoms with Crippen molar-refractivity contribution in [2.75, 3.05) is 38.6 Å². The third kappa shape index (κ3) is 7.29. The van der Waals surface area contributed by atoms with Crippen LogP contribution in [-0.4, -0.2) is 61.0 Å². The molecule has 1 fully saturated rings. The van der Waals surface area contributed by atoms with Gasteiger partial charge in [-0.15, -0.1) is 0 Å². The maximum atomic E-state index is 13.2. The average molecular weight is 492 g/mol. The number of guanidine groups is 1. The number of aromatic nitrogens is 1. The second kappa shape index (κ2) is 13.0. The third-order valence-corrected chi connectivity index (χ3v) is 7.18. The van der Waals surface area contributed by atoms with E-state index in [1.165, 1.54) is 12.7 Å². The number of benzene rings is 1. The van der Waals surface area contributed by atoms with Gasteiger partial charge in [-0.25, -0.2) is 0 Å². The van der Waals surface area contributed by atoms with Crippen molar-refractivity contribution < 1.29 is 14.3 Å². The molecule has 0 bridgehead atoms. The van der Waals surface area contributed by atoms with E-state index in [4.69, 9.17) is 4.74 Å². The standard InChI is InChI=1S/C28H37N5O3/c1-36-26(34)11-10-22(24-6-3-14-29-20-24)9-8-21-12-17-33(18-13-21)27(35)23-5-2-7-25(19-23)32-28-30-15-4-16-31-28/h2-3,5-7,14,19-22H,4,8-13,15-18H2,1H3,(H2,30,31,32). The van der Waals surface area contributed by atoms with E-state index in [0.29, 0.717) is 17.9 Å². The highest BCUT2D eigenvalue weighted by molar-refractivity contribution is 5.98. The van der Waals surface area contributed by atoms with E-state index in [1.54, 1.807) is 6.20 Å². The molecular formula is C28H37N5O3. The Morgan fingerprint density at radius 1 is 1.19 bits per heavy atom. The number of nitrogens with zero attached hydrogens (tertiary/aromatic N) is 3. The number of hydrogen-bond acceptors (Lipinski definition) is 7. The summed E-state index contributed by atoms with van der Waals surface area (Å²) in [5.41, 5.74) is 2.75. The van der Waals surface area contributed by atoms with Crippen molar-refractivity contribution in [2.45, 2.75) is 50.9 Å². The van der Waals surface area contributed by atoms with Gasteiger partial charge in [-0.05, 0) is 80.2 Å². The van der Waals surface area contributed by atoms with Gasteiger partial charge in [-0.3, -0.25) is 19.6 Å². The van der Waals surface area contributed by atoms with Crippen LogP contribution in [0.2, 0.25) is 0 Å². The highest BCUT2D eigenvalue weighted by Crippen LogP contribution is 2.31. The lowest BCUT2D eigenvalue weighted by atomic mass is 9.84. The van der Waals surface area contributed by atoms with E-state index < -0.39 is 0 Å². The van der Waals surface area contributed by atoms with Gasteiger partial charge in [0.2, 0.25) is 0 Å². The first-order chi connectivity index (χ1) is 17.6. The molecule has 0 radical (unpaired) electrons. The minimum atomic E-state index is -0.169. The molecule has 2 aliphatic heterocycles. The lowest BCUT2D eigenvalue weighted by molar-refractivity contribution is -0.140. The lowest BCUT2D eigenvalue weighted by Crippen LogP contribution is -2.38. The van der Waals surface area contributed by atoms with E-state index in [-0.39, 0.29) is 17.8 Å². The second-order valence-corrected chi connectivity index (χ2v) is 9.63. The van der Waals surface area contributed by atoms with Gasteiger partial charge in [-0.1, -0.05) is 12.1 Å². The van der Waals surface area contributed by atoms with Crippen molar-refractivity contribution in [1.29, 1.82) is 0 Å². The van der Waals surface area contributed by atoms with E-state index >= 15 is 0 Å². The van der Waals surface area contributed by atoms with E-state index in [1.807, 2.05) is 41.4 Å². The van der Waals surface area contributed by atoms with Gasteiger partial charge in [0.25, 0.3) is 5.91 Å². The number of anilines is 1. The second-order valence-electron chi connectivity index (χ2n) is 9.63. The average Bonchev–Trinajstić information content (AvgIpc) is 2.94. The Hall–Kier alpha value is -3.42. The number of hydrogen-bond donors (Lipinski definition) is 2. The smallest absolute Gasteiger partial charge is 0.305 e. The van der Waals surface area contributed by atoms with E-state index in [0.717, 1.165) is 76.4 Å². The summed E-state index contributed by atoms with van der Waals surface area (Å²) in [5.74, 6) is 1.55. The van der Waals surface area contributed by atoms with Gasteiger partial charge in [0.05, 0.1) is 7.11 Å². The molecule has 8 heteroatoms. The summed E-state index contributed by atoms with van der Waals surface area (Å²) >= 11 is 0. The first-order valence-corrected chi connectivity index (χ1v) is 13.0. The van der Waals surface area contributed by atoms with Gasteiger partial charge < -0.3 is 20.3 Å². The van der Waals surface area contributed by atoms with E-state index in [2.05, 4.69) is 26.7 Å². The summed E-state index contributed by atoms with van der Waals surface area (Å²) in [6.45, 7) is 3.27. The van der Waals surface area contributed by atoms with Crippen LogP contribution in [0, 0.1) is 5.92 Å². The Balaban J connectivity index is 1.27. The van der Waals surface area contributed by atoms with Gasteiger partial charge in [0, 0.05) is 56.2 Å². The quantitative estimate of drug-likeness (QED) is 0.510. The molecule has 1 saturated heterocycles. The Morgan fingerprint density at radius 3 is 2.78 bits per heavy atom. The van der Waals surface area contributed by atoms with Crippen LogP contribution in [0.1, 0.15) is 66.8 Å². The summed E-state index contributed by atoms with van der Waals surface area (Å²) in [7, 11) is 1.44. The molecule has 1 aromatic heterocycles. The lowest BCUT2D eigenvalue weighted by Gasteiger charge is -2.33. The topological polar surface area (TPSA) is 95.9 Å². The number of piperidine rings is 1. The van der Waals surface area contributed by atoms with Crippen LogP contribution < -0.4 is 10.6 Å². The number of esters is 1. The predicted molar refractivity (Wildman–Crippen MR) is 141 cm³/mol. The van der Waals surface area contributed by atoms with Crippen molar-refractivity contribution in [3.05, 3.63) is 59.9 Å². The number of pyridine rings is 1. The van der Waals surface area contributed by atoms with Crippen LogP contribution in [-0.2, 0) is 9.53 Å². The number of ether oxygens (including phenoxy) is 1. The number of carbonyl (C=O) groups excluding carboxylic acids is 2. The summed E-state index contributed by atoms with van der Waals surface area (Å²) in [5, 5.41) is 6.53. The normalized spacial score (nSPS) is 17.0. The zero-order chi connectivity index (χ0) is 25.2. The molecule has 192 valence electrons. The van der Waals surface area contributed by atoms with Gasteiger partial charge in [0.15, 0.2) is 5.96 Å². The van der Waals surface area contributed by atoms with Crippen LogP contribution in [0.5, 0.6) is 0 Å². The fourth-order valence-corrected chi connectivity index (χ4v) is 5.02. The molecule has 2 aliphatic rings. The number of nitrogens with one attached hydrogen (secondary N) is 2. The molecule has 0 spiro atoms. The number of rotatable bonds is 9. The summed E-state index contributed by atoms with van der Waals surface area (Å²) < 4.78 is 4.84. The fraction of sp³-hybridized carbons (Fsp3) is 0.500. The molecule has 2 N–H and O–H groups in total. The van der Waals surface area contributed by atoms with Crippen LogP contribution >= 0.6 is 0 Å². The molecule has 1 unspecified atom stereocenters. The molecule has 1 aromatic carbocycles. The fourth-order valence-electron chi connectivity index (χ4n) is 5.02. The molecule has 3 heterocycles. The minimum absolute atomic E-state index is 0.0851. The number of amides is 1. The highest BCUT2D eigenvalue weighted by atomic mass is 16.5. The van der Waals surface area contributed by atoms with Crippen LogP contribution in [0.3, 0.4) is 0 Å². The Morgan fingerprint density at radius 2 is 2.06 bits per heavy atom. The number of methoxy groups -OCH3 is 1. The first-order valence-electron chi connectivity index (χ1n) is 13.0. The van der Waals surface area contributed by atoms with Crippen molar-refractivity contribution >= 4 is 23.5 Å². The zero-order valence-corrected chi connectivity index (χ0v) is 21.1. The molecule has 4 rings (SSSR count). The van der Waals surface area contributed by atoms with Crippen LogP contribution in [0.15, 0.2) is 53.8 Å². The largest absolute Gasteiger partial charge is 0.469 e. The number of aliphatic imine (C=N–C) groups is 1. The van der Waals surface area contributed by atoms with Crippen molar-refractivity contribution in [3.63, 3.8) is 0 Å². The molecule has 8 nitrogen and oxygen atoms in total. The number of carbonyl (C=O) groups is 2. The molecule has 1 amide bonds. The highest BCUT2D eigenvalue weighted by Gasteiger charge is 2.25. The van der Waals surface area contributed by atoms with Gasteiger partial charge in [0.1, 0.15) is 0 Å². The Bertz CT molecular complexity index is 1030. The van der Waals surface area contributed by atoms with Crippen molar-refractivity contribution in [3.8, 4) is 0 Å². The maximum Gasteiger partial charge on any atom is 0.305 e. The zero-order valence-electron chi connectivity index (χ0n) is 21.1. The molecule has 1 atom stereocenters. The Labute approximate surface area is 213 Å². The van der Waals surface area contributed by atoms with Gasteiger partial charge >= 0.3 is 5.97 Å². The van der Waals surface area contributed by atoms with E-state index in [9.17, 15) is 9.59 Å². The maximum absolute atomic E-state index is 13.2. The predicted octanol–water partition coefficient (Wildman–Crippen LogP) is 4.21. The molecule has 2 aromatic rings. The van der Waals surface area contributed by atoms with Gasteiger partial charge in [-0.2, -0.15) is 0 Å². The summed E-state index contributed by atoms with van der Waals surface area (Å²) in [4.78, 5) is 35.6. The Kier molecular flexibility index (Phi) is 9.30. The SMILES string of the molecule is COC(=O)CCC(CCC1CCN(C(=O)c2cccc(NC3=NCCCN3)c2)CC1)c1cccnc1. The third-order valence-electron chi connectivity index (χ3n) is 7.18. The molecule has 0 saturated carbocycles. The number of likely N-dealkylation sites (tertiary alicyclic amines) is 1. The van der Waals surface area contributed by atoms with Crippen LogP contribution in [0.25, 0.3) is 0 Å². The summed E-state index contributed by atoms with van der Waals surface area (Å²) in [6, 6.07) is 11.7. The summed E-state index contributed by atoms with van der Waals surface area (Å²) in [6.07, 6.45) is 10.00. The minimum Gasteiger partial charge on any atom is -0.469 e.